The van der Waals surface area contributed by atoms with Crippen LogP contribution in [0.15, 0.2) is 30.3 Å². The van der Waals surface area contributed by atoms with E-state index in [0.29, 0.717) is 0 Å². The van der Waals surface area contributed by atoms with Crippen LogP contribution in [0, 0.1) is 0 Å². The molecule has 0 amide bonds. The average Bonchev–Trinajstić information content (AvgIpc) is 2.17. The van der Waals surface area contributed by atoms with Gasteiger partial charge in [-0.3, -0.25) is 5.73 Å². The zero-order chi connectivity index (χ0) is 9.90. The molecule has 1 atom stereocenters. The summed E-state index contributed by atoms with van der Waals surface area (Å²) in [6.07, 6.45) is 0. The highest BCUT2D eigenvalue weighted by molar-refractivity contribution is 5.78. The van der Waals surface area contributed by atoms with Crippen molar-refractivity contribution in [2.75, 3.05) is 0 Å². The van der Waals surface area contributed by atoms with Gasteiger partial charge in [-0.05, 0) is 0 Å². The molecule has 0 saturated carbocycles. The van der Waals surface area contributed by atoms with E-state index in [9.17, 15) is 4.79 Å². The molecule has 0 aromatic heterocycles. The van der Waals surface area contributed by atoms with Crippen LogP contribution in [-0.2, 0) is 10.5 Å². The molecule has 0 aliphatic heterocycles. The van der Waals surface area contributed by atoms with Gasteiger partial charge in [0.1, 0.15) is 0 Å². The SMILES string of the molecule is [2H]OC(N)(C(=O)O)c1ccccc1. The molecule has 0 saturated heterocycles. The molecule has 0 aliphatic rings. The first-order valence-electron chi connectivity index (χ1n) is 3.74. The van der Waals surface area contributed by atoms with Gasteiger partial charge in [0.05, 0.1) is 0 Å². The molecule has 1 unspecified atom stereocenters. The first-order valence-corrected chi connectivity index (χ1v) is 3.33. The lowest BCUT2D eigenvalue weighted by atomic mass is 10.0. The molecule has 0 bridgehead atoms. The van der Waals surface area contributed by atoms with Crippen molar-refractivity contribution in [1.82, 2.24) is 0 Å². The van der Waals surface area contributed by atoms with Crippen LogP contribution in [0.5, 0.6) is 0 Å². The van der Waals surface area contributed by atoms with Crippen molar-refractivity contribution in [2.24, 2.45) is 5.73 Å². The van der Waals surface area contributed by atoms with Gasteiger partial charge in [0, 0.05) is 5.56 Å². The van der Waals surface area contributed by atoms with Gasteiger partial charge in [-0.15, -0.1) is 0 Å². The van der Waals surface area contributed by atoms with Gasteiger partial charge in [0.15, 0.2) is 0 Å². The van der Waals surface area contributed by atoms with E-state index in [1.165, 1.54) is 12.1 Å². The van der Waals surface area contributed by atoms with Crippen molar-refractivity contribution >= 4 is 5.97 Å². The summed E-state index contributed by atoms with van der Waals surface area (Å²) >= 11 is 0. The van der Waals surface area contributed by atoms with Crippen molar-refractivity contribution in [3.8, 4) is 0 Å². The van der Waals surface area contributed by atoms with E-state index in [1.54, 1.807) is 18.2 Å². The summed E-state index contributed by atoms with van der Waals surface area (Å²) in [5.74, 6) is -1.39. The third-order valence-electron chi connectivity index (χ3n) is 1.52. The first kappa shape index (κ1) is 7.27. The quantitative estimate of drug-likeness (QED) is 0.549. The lowest BCUT2D eigenvalue weighted by molar-refractivity contribution is -0.159. The molecule has 64 valence electrons. The topological polar surface area (TPSA) is 83.5 Å². The van der Waals surface area contributed by atoms with Gasteiger partial charge in [0.25, 0.3) is 0 Å². The van der Waals surface area contributed by atoms with Crippen molar-refractivity contribution < 1.29 is 15.0 Å². The van der Waals surface area contributed by atoms with E-state index in [1.807, 2.05) is 0 Å². The number of nitrogens with two attached hydrogens (primary N) is 1. The second-order valence-corrected chi connectivity index (χ2v) is 2.41. The Balaban J connectivity index is 3.11. The van der Waals surface area contributed by atoms with Gasteiger partial charge in [0.2, 0.25) is 7.16 Å². The van der Waals surface area contributed by atoms with Crippen LogP contribution in [0.2, 0.25) is 0 Å². The smallest absolute Gasteiger partial charge is 0.356 e. The minimum Gasteiger partial charge on any atom is -0.478 e. The van der Waals surface area contributed by atoms with Crippen molar-refractivity contribution in [2.45, 2.75) is 5.72 Å². The number of aliphatic carboxylic acids is 1. The Hall–Kier alpha value is -1.39. The maximum atomic E-state index is 10.7. The van der Waals surface area contributed by atoms with E-state index in [4.69, 9.17) is 12.3 Å². The average molecular weight is 168 g/mol. The summed E-state index contributed by atoms with van der Waals surface area (Å²) in [6.45, 7) is 0. The van der Waals surface area contributed by atoms with Gasteiger partial charge >= 0.3 is 5.97 Å². The Kier molecular flexibility index (Phi) is 1.77. The van der Waals surface area contributed by atoms with Gasteiger partial charge in [-0.25, -0.2) is 4.79 Å². The maximum Gasteiger partial charge on any atom is 0.356 e. The third-order valence-corrected chi connectivity index (χ3v) is 1.52. The number of carbonyl (C=O) groups is 1. The van der Waals surface area contributed by atoms with Crippen molar-refractivity contribution in [1.29, 1.82) is 1.43 Å². The molecule has 1 aromatic carbocycles. The Morgan fingerprint density at radius 2 is 2.08 bits per heavy atom. The van der Waals surface area contributed by atoms with Crippen LogP contribution in [0.1, 0.15) is 5.56 Å². The van der Waals surface area contributed by atoms with E-state index in [-0.39, 0.29) is 5.56 Å². The molecule has 4 N–H and O–H groups in total. The highest BCUT2D eigenvalue weighted by atomic mass is 16.4. The fraction of sp³-hybridized carbons (Fsp3) is 0.125. The molecule has 1 aromatic rings. The van der Waals surface area contributed by atoms with Crippen LogP contribution >= 0.6 is 0 Å². The zero-order valence-corrected chi connectivity index (χ0v) is 6.23. The summed E-state index contributed by atoms with van der Waals surface area (Å²) in [4.78, 5) is 10.7. The molecule has 0 spiro atoms. The fourth-order valence-electron chi connectivity index (χ4n) is 0.809. The van der Waals surface area contributed by atoms with E-state index < -0.39 is 11.7 Å². The van der Waals surface area contributed by atoms with Crippen LogP contribution in [0.25, 0.3) is 0 Å². The number of hydrogen-bond donors (Lipinski definition) is 3. The summed E-state index contributed by atoms with van der Waals surface area (Å²) in [7, 11) is 0. The van der Waals surface area contributed by atoms with E-state index in [0.717, 1.165) is 0 Å². The lowest BCUT2D eigenvalue weighted by Crippen LogP contribution is -2.44. The van der Waals surface area contributed by atoms with E-state index >= 15 is 0 Å². The molecule has 0 fully saturated rings. The first-order chi connectivity index (χ1) is 6.11. The minimum atomic E-state index is -2.08. The van der Waals surface area contributed by atoms with Gasteiger partial charge in [-0.1, -0.05) is 30.3 Å². The maximum absolute atomic E-state index is 10.7. The molecular weight excluding hydrogens is 158 g/mol. The number of rotatable bonds is 3. The second kappa shape index (κ2) is 2.92. The Labute approximate surface area is 70.7 Å². The third kappa shape index (κ3) is 1.44. The van der Waals surface area contributed by atoms with Crippen molar-refractivity contribution in [3.63, 3.8) is 0 Å². The molecule has 0 radical (unpaired) electrons. The summed E-state index contributed by atoms with van der Waals surface area (Å²) in [5, 5.41) is 12.7. The Morgan fingerprint density at radius 3 is 2.50 bits per heavy atom. The molecular formula is C8H9NO3. The highest BCUT2D eigenvalue weighted by Crippen LogP contribution is 2.13. The number of carboxylic acids is 1. The number of hydrogen-bond acceptors (Lipinski definition) is 3. The van der Waals surface area contributed by atoms with Gasteiger partial charge < -0.3 is 10.2 Å². The standard InChI is InChI=1S/C8H9NO3/c9-8(12,7(10)11)6-4-2-1-3-5-6/h1-5,12H,9H2,(H,10,11)/i12D. The monoisotopic (exact) mass is 168 g/mol. The number of aliphatic hydroxyl groups is 1. The van der Waals surface area contributed by atoms with Crippen LogP contribution in [0.4, 0.5) is 0 Å². The molecule has 4 heteroatoms. The fourth-order valence-corrected chi connectivity index (χ4v) is 0.809. The molecule has 12 heavy (non-hydrogen) atoms. The summed E-state index contributed by atoms with van der Waals surface area (Å²) in [6, 6.07) is 7.94. The van der Waals surface area contributed by atoms with Crippen LogP contribution < -0.4 is 5.73 Å². The van der Waals surface area contributed by atoms with Crippen LogP contribution in [-0.4, -0.2) is 17.6 Å². The highest BCUT2D eigenvalue weighted by Gasteiger charge is 2.32. The molecule has 4 nitrogen and oxygen atoms in total. The normalized spacial score (nSPS) is 16.2. The minimum absolute atomic E-state index is 0.234. The second-order valence-electron chi connectivity index (χ2n) is 2.41. The predicted octanol–water partition coefficient (Wildman–Crippen LogP) is -0.125. The summed E-state index contributed by atoms with van der Waals surface area (Å²) in [5.41, 5.74) is 3.50. The molecule has 0 heterocycles. The predicted molar refractivity (Wildman–Crippen MR) is 42.2 cm³/mol. The Bertz CT molecular complexity index is 304. The Morgan fingerprint density at radius 1 is 1.50 bits per heavy atom. The molecule has 0 aliphatic carbocycles. The summed E-state index contributed by atoms with van der Waals surface area (Å²) < 4.78 is 6.62. The van der Waals surface area contributed by atoms with Crippen molar-refractivity contribution in [3.05, 3.63) is 35.9 Å². The van der Waals surface area contributed by atoms with Gasteiger partial charge in [-0.2, -0.15) is 0 Å². The van der Waals surface area contributed by atoms with Crippen LogP contribution in [0.3, 0.4) is 0 Å². The number of carboxylic acid groups (broad SMARTS) is 1. The van der Waals surface area contributed by atoms with E-state index in [2.05, 4.69) is 5.11 Å². The largest absolute Gasteiger partial charge is 0.478 e. The number of benzene rings is 1. The molecule has 1 rings (SSSR count). The lowest BCUT2D eigenvalue weighted by Gasteiger charge is -2.17. The zero-order valence-electron chi connectivity index (χ0n) is 7.23.